The van der Waals surface area contributed by atoms with E-state index in [4.69, 9.17) is 16.7 Å². The third-order valence-corrected chi connectivity index (χ3v) is 2.06. The van der Waals surface area contributed by atoms with E-state index in [-0.39, 0.29) is 29.8 Å². The van der Waals surface area contributed by atoms with E-state index in [0.29, 0.717) is 18.5 Å². The Hall–Kier alpha value is -1.28. The van der Waals surface area contributed by atoms with E-state index in [1.807, 2.05) is 6.07 Å². The third kappa shape index (κ3) is 3.10. The molecule has 1 aromatic rings. The molecule has 0 aliphatic heterocycles. The zero-order valence-corrected chi connectivity index (χ0v) is 9.00. The Bertz CT molecular complexity index is 362. The molecule has 1 aromatic carbocycles. The number of halogens is 1. The van der Waals surface area contributed by atoms with Crippen LogP contribution in [0.2, 0.25) is 0 Å². The molecule has 0 aromatic heterocycles. The maximum absolute atomic E-state index is 9.64. The second kappa shape index (κ2) is 6.25. The molecule has 0 spiro atoms. The van der Waals surface area contributed by atoms with Gasteiger partial charge in [0.05, 0.1) is 5.56 Å². The number of nitrogens with zero attached hydrogens (tertiary/aromatic N) is 1. The van der Waals surface area contributed by atoms with E-state index in [9.17, 15) is 5.11 Å². The van der Waals surface area contributed by atoms with Crippen molar-refractivity contribution < 1.29 is 5.11 Å². The van der Waals surface area contributed by atoms with Crippen molar-refractivity contribution >= 4 is 12.4 Å². The highest BCUT2D eigenvalue weighted by Crippen LogP contribution is 2.27. The first kappa shape index (κ1) is 13.7. The normalized spacial score (nSPS) is 11.3. The van der Waals surface area contributed by atoms with E-state index >= 15 is 0 Å². The lowest BCUT2D eigenvalue weighted by Crippen LogP contribution is -2.15. The molecule has 0 radical (unpaired) electrons. The summed E-state index contributed by atoms with van der Waals surface area (Å²) in [5, 5.41) is 18.3. The van der Waals surface area contributed by atoms with Gasteiger partial charge in [0.1, 0.15) is 11.8 Å². The van der Waals surface area contributed by atoms with Gasteiger partial charge in [0.2, 0.25) is 0 Å². The topological polar surface area (TPSA) is 96.1 Å². The fraction of sp³-hybridized carbons (Fsp3) is 0.300. The van der Waals surface area contributed by atoms with Crippen molar-refractivity contribution in [1.82, 2.24) is 0 Å². The monoisotopic (exact) mass is 227 g/mol. The smallest absolute Gasteiger partial charge is 0.138 e. The molecule has 1 atom stereocenters. The molecule has 0 bridgehead atoms. The van der Waals surface area contributed by atoms with Crippen LogP contribution in [0.4, 0.5) is 0 Å². The Kier molecular flexibility index (Phi) is 5.72. The van der Waals surface area contributed by atoms with E-state index < -0.39 is 0 Å². The molecule has 0 saturated carbocycles. The van der Waals surface area contributed by atoms with Crippen LogP contribution in [-0.2, 0) is 0 Å². The van der Waals surface area contributed by atoms with Crippen LogP contribution in [0.25, 0.3) is 0 Å². The Morgan fingerprint density at radius 2 is 2.13 bits per heavy atom. The predicted molar refractivity (Wildman–Crippen MR) is 60.7 cm³/mol. The maximum atomic E-state index is 9.64. The maximum Gasteiger partial charge on any atom is 0.138 e. The van der Waals surface area contributed by atoms with Crippen LogP contribution >= 0.6 is 12.4 Å². The van der Waals surface area contributed by atoms with Crippen LogP contribution < -0.4 is 11.5 Å². The molecular formula is C10H14ClN3O. The number of nitriles is 1. The number of nitrogens with two attached hydrogens (primary N) is 2. The van der Waals surface area contributed by atoms with Crippen LogP contribution in [0.1, 0.15) is 23.6 Å². The highest BCUT2D eigenvalue weighted by Gasteiger charge is 2.12. The van der Waals surface area contributed by atoms with Crippen molar-refractivity contribution in [2.45, 2.75) is 12.5 Å². The summed E-state index contributed by atoms with van der Waals surface area (Å²) in [5.41, 5.74) is 12.0. The highest BCUT2D eigenvalue weighted by molar-refractivity contribution is 5.85. The van der Waals surface area contributed by atoms with Crippen LogP contribution in [0.15, 0.2) is 18.2 Å². The number of rotatable bonds is 3. The van der Waals surface area contributed by atoms with Crippen molar-refractivity contribution in [2.24, 2.45) is 11.5 Å². The summed E-state index contributed by atoms with van der Waals surface area (Å²) in [6.45, 7) is 0.456. The minimum absolute atomic E-state index is 0. The van der Waals surface area contributed by atoms with Crippen LogP contribution in [0.5, 0.6) is 5.75 Å². The van der Waals surface area contributed by atoms with Crippen molar-refractivity contribution in [1.29, 1.82) is 5.26 Å². The van der Waals surface area contributed by atoms with E-state index in [1.54, 1.807) is 18.2 Å². The van der Waals surface area contributed by atoms with Crippen molar-refractivity contribution in [3.63, 3.8) is 0 Å². The highest BCUT2D eigenvalue weighted by atomic mass is 35.5. The average molecular weight is 228 g/mol. The molecule has 0 unspecified atom stereocenters. The standard InChI is InChI=1S/C10H13N3O.ClH/c11-5-4-9(13)8-3-1-2-7(6-12)10(8)14;/h1-3,9,14H,4-5,11,13H2;1H/t9-;/m1./s1. The van der Waals surface area contributed by atoms with Gasteiger partial charge < -0.3 is 16.6 Å². The Labute approximate surface area is 94.9 Å². The fourth-order valence-corrected chi connectivity index (χ4v) is 1.29. The number of benzene rings is 1. The zero-order valence-electron chi connectivity index (χ0n) is 8.18. The zero-order chi connectivity index (χ0) is 10.6. The van der Waals surface area contributed by atoms with Gasteiger partial charge in [0.15, 0.2) is 0 Å². The molecule has 0 aliphatic rings. The molecule has 5 heteroatoms. The van der Waals surface area contributed by atoms with Crippen LogP contribution in [-0.4, -0.2) is 11.7 Å². The van der Waals surface area contributed by atoms with Gasteiger partial charge in [0.25, 0.3) is 0 Å². The number of phenolic OH excluding ortho intramolecular Hbond substituents is 1. The molecule has 0 aliphatic carbocycles. The van der Waals surface area contributed by atoms with Gasteiger partial charge in [-0.15, -0.1) is 12.4 Å². The molecule has 5 N–H and O–H groups in total. The van der Waals surface area contributed by atoms with Crippen molar-refractivity contribution in [2.75, 3.05) is 6.54 Å². The minimum atomic E-state index is -0.312. The van der Waals surface area contributed by atoms with Gasteiger partial charge in [-0.2, -0.15) is 5.26 Å². The lowest BCUT2D eigenvalue weighted by atomic mass is 10.0. The Morgan fingerprint density at radius 3 is 2.67 bits per heavy atom. The number of aromatic hydroxyl groups is 1. The fourth-order valence-electron chi connectivity index (χ4n) is 1.29. The summed E-state index contributed by atoms with van der Waals surface area (Å²) in [4.78, 5) is 0. The number of phenols is 1. The molecule has 15 heavy (non-hydrogen) atoms. The van der Waals surface area contributed by atoms with Gasteiger partial charge >= 0.3 is 0 Å². The van der Waals surface area contributed by atoms with Gasteiger partial charge in [-0.1, -0.05) is 12.1 Å². The van der Waals surface area contributed by atoms with Gasteiger partial charge in [0, 0.05) is 11.6 Å². The van der Waals surface area contributed by atoms with E-state index in [1.165, 1.54) is 0 Å². The molecule has 82 valence electrons. The molecule has 0 saturated heterocycles. The third-order valence-electron chi connectivity index (χ3n) is 2.06. The largest absolute Gasteiger partial charge is 0.506 e. The second-order valence-corrected chi connectivity index (χ2v) is 3.04. The molecule has 0 amide bonds. The summed E-state index contributed by atoms with van der Waals surface area (Å²) in [7, 11) is 0. The first-order valence-corrected chi connectivity index (χ1v) is 4.38. The molecule has 0 heterocycles. The van der Waals surface area contributed by atoms with Gasteiger partial charge in [-0.3, -0.25) is 0 Å². The summed E-state index contributed by atoms with van der Waals surface area (Å²) in [6, 6.07) is 6.54. The summed E-state index contributed by atoms with van der Waals surface area (Å²) >= 11 is 0. The van der Waals surface area contributed by atoms with E-state index in [2.05, 4.69) is 0 Å². The van der Waals surface area contributed by atoms with Crippen LogP contribution in [0, 0.1) is 11.3 Å². The SMILES string of the molecule is Cl.N#Cc1cccc([C@H](N)CCN)c1O. The first-order valence-electron chi connectivity index (χ1n) is 4.38. The lowest BCUT2D eigenvalue weighted by molar-refractivity contribution is 0.457. The Balaban J connectivity index is 0.00000196. The quantitative estimate of drug-likeness (QED) is 0.719. The van der Waals surface area contributed by atoms with Gasteiger partial charge in [-0.05, 0) is 19.0 Å². The average Bonchev–Trinajstić information content (AvgIpc) is 2.18. The number of para-hydroxylation sites is 1. The summed E-state index contributed by atoms with van der Waals surface area (Å²) < 4.78 is 0. The molecular weight excluding hydrogens is 214 g/mol. The predicted octanol–water partition coefficient (Wildman–Crippen LogP) is 1.03. The number of hydrogen-bond donors (Lipinski definition) is 3. The summed E-state index contributed by atoms with van der Waals surface area (Å²) in [5.74, 6) is -0.0315. The van der Waals surface area contributed by atoms with Crippen LogP contribution in [0.3, 0.4) is 0 Å². The minimum Gasteiger partial charge on any atom is -0.506 e. The number of hydrogen-bond acceptors (Lipinski definition) is 4. The summed E-state index contributed by atoms with van der Waals surface area (Å²) in [6.07, 6.45) is 0.586. The molecule has 0 fully saturated rings. The van der Waals surface area contributed by atoms with Crippen molar-refractivity contribution in [3.8, 4) is 11.8 Å². The Morgan fingerprint density at radius 1 is 1.47 bits per heavy atom. The van der Waals surface area contributed by atoms with E-state index in [0.717, 1.165) is 0 Å². The first-order chi connectivity index (χ1) is 6.70. The molecule has 4 nitrogen and oxygen atoms in total. The van der Waals surface area contributed by atoms with Gasteiger partial charge in [-0.25, -0.2) is 0 Å². The second-order valence-electron chi connectivity index (χ2n) is 3.04. The lowest BCUT2D eigenvalue weighted by Gasteiger charge is -2.12. The van der Waals surface area contributed by atoms with Crippen molar-refractivity contribution in [3.05, 3.63) is 29.3 Å². The molecule has 1 rings (SSSR count).